The number of rotatable bonds is 7. The standard InChI is InChI=1S/C16H25N7O2S/c1-24-8-7-23-15(18-19-20-23)14-12-21(6-9-25-14)11-13-10-17-16(26-13)22-4-2-3-5-22/h10,14H,2-9,11-12H2,1H3. The molecule has 0 radical (unpaired) electrons. The van der Waals surface area contributed by atoms with Gasteiger partial charge in [0.1, 0.15) is 6.10 Å². The normalized spacial score (nSPS) is 21.6. The summed E-state index contributed by atoms with van der Waals surface area (Å²) in [7, 11) is 1.67. The predicted octanol–water partition coefficient (Wildman–Crippen LogP) is 0.950. The van der Waals surface area contributed by atoms with Gasteiger partial charge in [0.25, 0.3) is 0 Å². The molecule has 2 saturated heterocycles. The number of methoxy groups -OCH3 is 1. The van der Waals surface area contributed by atoms with Crippen LogP contribution in [0.2, 0.25) is 0 Å². The van der Waals surface area contributed by atoms with Crippen molar-refractivity contribution in [2.24, 2.45) is 0 Å². The zero-order valence-electron chi connectivity index (χ0n) is 15.1. The summed E-state index contributed by atoms with van der Waals surface area (Å²) in [6, 6.07) is 0. The fourth-order valence-electron chi connectivity index (χ4n) is 3.43. The van der Waals surface area contributed by atoms with Crippen LogP contribution in [0.25, 0.3) is 0 Å². The van der Waals surface area contributed by atoms with E-state index in [1.165, 1.54) is 17.7 Å². The topological polar surface area (TPSA) is 81.4 Å². The Kier molecular flexibility index (Phi) is 5.73. The lowest BCUT2D eigenvalue weighted by Crippen LogP contribution is -2.38. The van der Waals surface area contributed by atoms with Crippen molar-refractivity contribution in [2.45, 2.75) is 32.0 Å². The van der Waals surface area contributed by atoms with E-state index < -0.39 is 0 Å². The molecule has 0 aliphatic carbocycles. The van der Waals surface area contributed by atoms with Gasteiger partial charge in [0.15, 0.2) is 11.0 Å². The van der Waals surface area contributed by atoms with Crippen LogP contribution >= 0.6 is 11.3 Å². The Balaban J connectivity index is 1.37. The number of anilines is 1. The van der Waals surface area contributed by atoms with Gasteiger partial charge in [0.05, 0.1) is 19.8 Å². The van der Waals surface area contributed by atoms with Crippen LogP contribution in [0.5, 0.6) is 0 Å². The Bertz CT molecular complexity index is 700. The van der Waals surface area contributed by atoms with Crippen molar-refractivity contribution in [3.8, 4) is 0 Å². The minimum Gasteiger partial charge on any atom is -0.383 e. The number of tetrazole rings is 1. The molecule has 0 saturated carbocycles. The van der Waals surface area contributed by atoms with Gasteiger partial charge in [-0.05, 0) is 23.3 Å². The first-order chi connectivity index (χ1) is 12.8. The zero-order valence-corrected chi connectivity index (χ0v) is 15.9. The first-order valence-electron chi connectivity index (χ1n) is 9.12. The van der Waals surface area contributed by atoms with Gasteiger partial charge in [-0.25, -0.2) is 9.67 Å². The second-order valence-electron chi connectivity index (χ2n) is 6.65. The van der Waals surface area contributed by atoms with Gasteiger partial charge in [-0.3, -0.25) is 4.90 Å². The van der Waals surface area contributed by atoms with E-state index in [-0.39, 0.29) is 6.10 Å². The van der Waals surface area contributed by atoms with E-state index in [1.54, 1.807) is 11.8 Å². The maximum Gasteiger partial charge on any atom is 0.185 e. The van der Waals surface area contributed by atoms with E-state index in [2.05, 4.69) is 30.3 Å². The number of thiazole rings is 1. The van der Waals surface area contributed by atoms with Crippen molar-refractivity contribution in [1.29, 1.82) is 0 Å². The van der Waals surface area contributed by atoms with E-state index in [9.17, 15) is 0 Å². The predicted molar refractivity (Wildman–Crippen MR) is 97.2 cm³/mol. The van der Waals surface area contributed by atoms with Crippen molar-refractivity contribution in [2.75, 3.05) is 51.4 Å². The van der Waals surface area contributed by atoms with E-state index in [0.717, 1.165) is 43.7 Å². The molecule has 0 bridgehead atoms. The van der Waals surface area contributed by atoms with Gasteiger partial charge in [-0.1, -0.05) is 0 Å². The highest BCUT2D eigenvalue weighted by atomic mass is 32.1. The molecular formula is C16H25N7O2S. The molecule has 2 aliphatic heterocycles. The average molecular weight is 379 g/mol. The molecule has 2 aromatic heterocycles. The molecule has 0 spiro atoms. The molecule has 2 aromatic rings. The summed E-state index contributed by atoms with van der Waals surface area (Å²) in [6.45, 7) is 6.75. The zero-order chi connectivity index (χ0) is 17.8. The van der Waals surface area contributed by atoms with Gasteiger partial charge in [0.2, 0.25) is 0 Å². The molecule has 0 aromatic carbocycles. The number of nitrogens with zero attached hydrogens (tertiary/aromatic N) is 7. The van der Waals surface area contributed by atoms with Crippen LogP contribution in [-0.4, -0.2) is 76.6 Å². The van der Waals surface area contributed by atoms with Gasteiger partial charge < -0.3 is 14.4 Å². The second kappa shape index (κ2) is 8.38. The largest absolute Gasteiger partial charge is 0.383 e. The van der Waals surface area contributed by atoms with Crippen LogP contribution in [0.15, 0.2) is 6.20 Å². The van der Waals surface area contributed by atoms with Gasteiger partial charge >= 0.3 is 0 Å². The third kappa shape index (κ3) is 4.03. The highest BCUT2D eigenvalue weighted by Crippen LogP contribution is 2.28. The Morgan fingerprint density at radius 1 is 1.31 bits per heavy atom. The van der Waals surface area contributed by atoms with E-state index >= 15 is 0 Å². The average Bonchev–Trinajstić information content (AvgIpc) is 3.41. The lowest BCUT2D eigenvalue weighted by Gasteiger charge is -2.31. The van der Waals surface area contributed by atoms with Crippen LogP contribution in [-0.2, 0) is 22.6 Å². The minimum absolute atomic E-state index is 0.110. The van der Waals surface area contributed by atoms with Crippen LogP contribution in [0, 0.1) is 0 Å². The number of aromatic nitrogens is 5. The Morgan fingerprint density at radius 3 is 3.04 bits per heavy atom. The second-order valence-corrected chi connectivity index (χ2v) is 7.74. The van der Waals surface area contributed by atoms with E-state index in [0.29, 0.717) is 19.8 Å². The van der Waals surface area contributed by atoms with Crippen molar-refractivity contribution >= 4 is 16.5 Å². The molecule has 26 heavy (non-hydrogen) atoms. The molecule has 2 fully saturated rings. The maximum absolute atomic E-state index is 5.93. The lowest BCUT2D eigenvalue weighted by molar-refractivity contribution is -0.0394. The maximum atomic E-state index is 5.93. The van der Waals surface area contributed by atoms with Gasteiger partial charge in [0, 0.05) is 50.9 Å². The summed E-state index contributed by atoms with van der Waals surface area (Å²) in [5.74, 6) is 0.772. The highest BCUT2D eigenvalue weighted by molar-refractivity contribution is 7.15. The molecule has 0 amide bonds. The number of hydrogen-bond donors (Lipinski definition) is 0. The summed E-state index contributed by atoms with van der Waals surface area (Å²) < 4.78 is 12.8. The molecule has 10 heteroatoms. The van der Waals surface area contributed by atoms with Crippen molar-refractivity contribution in [1.82, 2.24) is 30.1 Å². The number of hydrogen-bond acceptors (Lipinski definition) is 9. The van der Waals surface area contributed by atoms with Crippen LogP contribution < -0.4 is 4.90 Å². The fourth-order valence-corrected chi connectivity index (χ4v) is 4.43. The molecule has 0 N–H and O–H groups in total. The van der Waals surface area contributed by atoms with E-state index in [1.807, 2.05) is 17.5 Å². The highest BCUT2D eigenvalue weighted by Gasteiger charge is 2.27. The molecule has 1 atom stereocenters. The van der Waals surface area contributed by atoms with Crippen LogP contribution in [0.3, 0.4) is 0 Å². The first-order valence-corrected chi connectivity index (χ1v) is 9.94. The molecule has 2 aliphatic rings. The van der Waals surface area contributed by atoms with Gasteiger partial charge in [-0.2, -0.15) is 0 Å². The molecule has 142 valence electrons. The lowest BCUT2D eigenvalue weighted by atomic mass is 10.2. The fraction of sp³-hybridized carbons (Fsp3) is 0.750. The summed E-state index contributed by atoms with van der Waals surface area (Å²) >= 11 is 1.81. The summed E-state index contributed by atoms with van der Waals surface area (Å²) in [6.07, 6.45) is 4.46. The molecule has 4 rings (SSSR count). The smallest absolute Gasteiger partial charge is 0.185 e. The molecule has 1 unspecified atom stereocenters. The van der Waals surface area contributed by atoms with E-state index in [4.69, 9.17) is 9.47 Å². The molecule has 4 heterocycles. The summed E-state index contributed by atoms with van der Waals surface area (Å²) in [4.78, 5) is 10.7. The summed E-state index contributed by atoms with van der Waals surface area (Å²) in [5, 5.41) is 13.2. The minimum atomic E-state index is -0.110. The quantitative estimate of drug-likeness (QED) is 0.703. The monoisotopic (exact) mass is 379 g/mol. The Hall–Kier alpha value is -1.62. The first kappa shape index (κ1) is 17.8. The number of ether oxygens (including phenoxy) is 2. The van der Waals surface area contributed by atoms with Gasteiger partial charge in [-0.15, -0.1) is 16.4 Å². The third-order valence-corrected chi connectivity index (χ3v) is 5.85. The molecule has 9 nitrogen and oxygen atoms in total. The van der Waals surface area contributed by atoms with Crippen LogP contribution in [0.1, 0.15) is 29.6 Å². The Labute approximate surface area is 156 Å². The third-order valence-electron chi connectivity index (χ3n) is 4.80. The van der Waals surface area contributed by atoms with Crippen molar-refractivity contribution < 1.29 is 9.47 Å². The van der Waals surface area contributed by atoms with Crippen molar-refractivity contribution in [3.63, 3.8) is 0 Å². The number of morpholine rings is 1. The SMILES string of the molecule is COCCn1nnnc1C1CN(Cc2cnc(N3CCCC3)s2)CCO1. The molecular weight excluding hydrogens is 354 g/mol. The summed E-state index contributed by atoms with van der Waals surface area (Å²) in [5.41, 5.74) is 0. The van der Waals surface area contributed by atoms with Crippen molar-refractivity contribution in [3.05, 3.63) is 16.9 Å². The van der Waals surface area contributed by atoms with Crippen LogP contribution in [0.4, 0.5) is 5.13 Å². The Morgan fingerprint density at radius 2 is 2.19 bits per heavy atom.